The zero-order chi connectivity index (χ0) is 23.6. The highest BCUT2D eigenvalue weighted by atomic mass is 16.2. The normalized spacial score (nSPS) is 15.3. The Hall–Kier alpha value is -2.00. The molecule has 9 heteroatoms. The number of hydrogen-bond acceptors (Lipinski definition) is 6. The number of carbonyl (C=O) groups excluding carboxylic acids is 4. The Morgan fingerprint density at radius 3 is 1.73 bits per heavy atom. The number of rotatable bonds is 12. The largest absolute Gasteiger partial charge is 0.357 e. The van der Waals surface area contributed by atoms with E-state index in [0.717, 1.165) is 0 Å². The molecule has 0 rings (SSSR count). The Morgan fingerprint density at radius 1 is 0.767 bits per heavy atom. The van der Waals surface area contributed by atoms with E-state index in [1.807, 2.05) is 27.7 Å². The molecule has 4 N–H and O–H groups in total. The van der Waals surface area contributed by atoms with E-state index < -0.39 is 36.0 Å². The molecule has 0 saturated carbocycles. The van der Waals surface area contributed by atoms with Gasteiger partial charge in [0.25, 0.3) is 0 Å². The summed E-state index contributed by atoms with van der Waals surface area (Å²) in [6, 6.07) is -2.53. The predicted molar refractivity (Wildman–Crippen MR) is 118 cm³/mol. The summed E-state index contributed by atoms with van der Waals surface area (Å²) in [5.41, 5.74) is 0. The molecule has 0 aliphatic carbocycles. The van der Waals surface area contributed by atoms with Gasteiger partial charge in [0, 0.05) is 14.1 Å². The molecule has 0 fully saturated rings. The van der Waals surface area contributed by atoms with Gasteiger partial charge in [-0.1, -0.05) is 27.7 Å². The van der Waals surface area contributed by atoms with Crippen LogP contribution < -0.4 is 21.3 Å². The standard InChI is InChI=1S/C21H41N5O4/c1-12(2)10-16(22-7)19(28)25-18(27)14(5)24-15(6)21(30)26(9)17(11-13(3)4)20(29)23-8/h12-17,22,24H,10-11H2,1-9H3,(H,23,29)(H,25,27,28)/t14-,15+,16-,17+/m0/s1. The summed E-state index contributed by atoms with van der Waals surface area (Å²) in [7, 11) is 4.80. The summed E-state index contributed by atoms with van der Waals surface area (Å²) in [5, 5.41) is 10.8. The molecule has 174 valence electrons. The molecule has 0 aromatic rings. The molecule has 0 saturated heterocycles. The highest BCUT2D eigenvalue weighted by Crippen LogP contribution is 2.12. The van der Waals surface area contributed by atoms with Crippen molar-refractivity contribution in [2.45, 2.75) is 78.6 Å². The second-order valence-corrected chi connectivity index (χ2v) is 8.64. The Labute approximate surface area is 181 Å². The maximum Gasteiger partial charge on any atom is 0.243 e. The van der Waals surface area contributed by atoms with Crippen molar-refractivity contribution in [2.24, 2.45) is 11.8 Å². The van der Waals surface area contributed by atoms with Crippen molar-refractivity contribution in [2.75, 3.05) is 21.1 Å². The Balaban J connectivity index is 4.98. The van der Waals surface area contributed by atoms with E-state index in [4.69, 9.17) is 0 Å². The number of nitrogens with zero attached hydrogens (tertiary/aromatic N) is 1. The van der Waals surface area contributed by atoms with Crippen LogP contribution in [-0.4, -0.2) is 73.8 Å². The van der Waals surface area contributed by atoms with Crippen LogP contribution in [0.1, 0.15) is 54.4 Å². The number of amides is 4. The van der Waals surface area contributed by atoms with E-state index in [0.29, 0.717) is 18.8 Å². The van der Waals surface area contributed by atoms with Crippen LogP contribution in [0.3, 0.4) is 0 Å². The van der Waals surface area contributed by atoms with E-state index in [2.05, 4.69) is 21.3 Å². The van der Waals surface area contributed by atoms with Gasteiger partial charge in [-0.15, -0.1) is 0 Å². The summed E-state index contributed by atoms with van der Waals surface area (Å²) in [4.78, 5) is 51.2. The molecule has 0 heterocycles. The first kappa shape index (κ1) is 28.0. The van der Waals surface area contributed by atoms with Gasteiger partial charge in [-0.25, -0.2) is 0 Å². The summed E-state index contributed by atoms with van der Waals surface area (Å²) < 4.78 is 0. The fraction of sp³-hybridized carbons (Fsp3) is 0.810. The number of imide groups is 1. The molecule has 9 nitrogen and oxygen atoms in total. The number of hydrogen-bond donors (Lipinski definition) is 4. The SMILES string of the molecule is CNC(=O)[C@@H](CC(C)C)N(C)C(=O)[C@@H](C)N[C@@H](C)C(=O)NC(=O)[C@H](CC(C)C)NC. The van der Waals surface area contributed by atoms with Crippen LogP contribution >= 0.6 is 0 Å². The van der Waals surface area contributed by atoms with Gasteiger partial charge >= 0.3 is 0 Å². The third kappa shape index (κ3) is 9.21. The van der Waals surface area contributed by atoms with Crippen molar-refractivity contribution in [3.8, 4) is 0 Å². The second-order valence-electron chi connectivity index (χ2n) is 8.64. The third-order valence-electron chi connectivity index (χ3n) is 4.94. The Kier molecular flexibility index (Phi) is 12.4. The zero-order valence-corrected chi connectivity index (χ0v) is 20.0. The van der Waals surface area contributed by atoms with E-state index in [-0.39, 0.29) is 17.7 Å². The van der Waals surface area contributed by atoms with Gasteiger partial charge in [-0.2, -0.15) is 0 Å². The van der Waals surface area contributed by atoms with E-state index in [9.17, 15) is 19.2 Å². The average molecular weight is 428 g/mol. The lowest BCUT2D eigenvalue weighted by Crippen LogP contribution is -2.57. The topological polar surface area (TPSA) is 120 Å². The van der Waals surface area contributed by atoms with Crippen molar-refractivity contribution < 1.29 is 19.2 Å². The fourth-order valence-electron chi connectivity index (χ4n) is 3.18. The van der Waals surface area contributed by atoms with Crippen LogP contribution in [0, 0.1) is 11.8 Å². The first-order valence-corrected chi connectivity index (χ1v) is 10.6. The molecule has 0 bridgehead atoms. The van der Waals surface area contributed by atoms with Crippen LogP contribution in [0.4, 0.5) is 0 Å². The molecule has 4 atom stereocenters. The molecule has 30 heavy (non-hydrogen) atoms. The van der Waals surface area contributed by atoms with Crippen LogP contribution in [0.2, 0.25) is 0 Å². The van der Waals surface area contributed by atoms with Crippen LogP contribution in [0.25, 0.3) is 0 Å². The first-order chi connectivity index (χ1) is 13.8. The number of likely N-dealkylation sites (N-methyl/N-ethyl adjacent to an activating group) is 3. The molecule has 0 radical (unpaired) electrons. The predicted octanol–water partition coefficient (Wildman–Crippen LogP) is 0.249. The molecular weight excluding hydrogens is 386 g/mol. The van der Waals surface area contributed by atoms with Crippen LogP contribution in [0.15, 0.2) is 0 Å². The maximum atomic E-state index is 12.8. The Bertz CT molecular complexity index is 594. The lowest BCUT2D eigenvalue weighted by atomic mass is 10.0. The highest BCUT2D eigenvalue weighted by Gasteiger charge is 2.31. The molecule has 0 spiro atoms. The molecule has 0 aromatic carbocycles. The summed E-state index contributed by atoms with van der Waals surface area (Å²) in [6.07, 6.45) is 1.13. The van der Waals surface area contributed by atoms with E-state index >= 15 is 0 Å². The first-order valence-electron chi connectivity index (χ1n) is 10.6. The average Bonchev–Trinajstić information content (AvgIpc) is 2.67. The quantitative estimate of drug-likeness (QED) is 0.354. The summed E-state index contributed by atoms with van der Waals surface area (Å²) in [5.74, 6) is -0.901. The molecule has 4 amide bonds. The minimum Gasteiger partial charge on any atom is -0.357 e. The molecule has 0 unspecified atom stereocenters. The zero-order valence-electron chi connectivity index (χ0n) is 20.0. The van der Waals surface area contributed by atoms with E-state index in [1.165, 1.54) is 11.9 Å². The minimum absolute atomic E-state index is 0.229. The smallest absolute Gasteiger partial charge is 0.243 e. The fourth-order valence-corrected chi connectivity index (χ4v) is 3.18. The van der Waals surface area contributed by atoms with Gasteiger partial charge in [0.1, 0.15) is 6.04 Å². The lowest BCUT2D eigenvalue weighted by Gasteiger charge is -2.31. The van der Waals surface area contributed by atoms with Crippen molar-refractivity contribution in [1.82, 2.24) is 26.2 Å². The second kappa shape index (κ2) is 13.3. The summed E-state index contributed by atoms with van der Waals surface area (Å²) >= 11 is 0. The molecular formula is C21H41N5O4. The lowest BCUT2D eigenvalue weighted by molar-refractivity contribution is -0.141. The minimum atomic E-state index is -0.763. The third-order valence-corrected chi connectivity index (χ3v) is 4.94. The van der Waals surface area contributed by atoms with Crippen LogP contribution in [0.5, 0.6) is 0 Å². The van der Waals surface area contributed by atoms with Crippen molar-refractivity contribution in [3.05, 3.63) is 0 Å². The number of carbonyl (C=O) groups is 4. The van der Waals surface area contributed by atoms with Crippen molar-refractivity contribution in [3.63, 3.8) is 0 Å². The van der Waals surface area contributed by atoms with Gasteiger partial charge in [0.2, 0.25) is 23.6 Å². The van der Waals surface area contributed by atoms with Crippen LogP contribution in [-0.2, 0) is 19.2 Å². The monoisotopic (exact) mass is 427 g/mol. The van der Waals surface area contributed by atoms with Gasteiger partial charge < -0.3 is 15.5 Å². The molecule has 0 aliphatic rings. The van der Waals surface area contributed by atoms with Gasteiger partial charge in [-0.05, 0) is 45.6 Å². The molecule has 0 aromatic heterocycles. The van der Waals surface area contributed by atoms with Gasteiger partial charge in [0.05, 0.1) is 18.1 Å². The Morgan fingerprint density at radius 2 is 1.30 bits per heavy atom. The summed E-state index contributed by atoms with van der Waals surface area (Å²) in [6.45, 7) is 11.2. The highest BCUT2D eigenvalue weighted by molar-refractivity contribution is 6.00. The van der Waals surface area contributed by atoms with Crippen molar-refractivity contribution in [1.29, 1.82) is 0 Å². The van der Waals surface area contributed by atoms with Gasteiger partial charge in [-0.3, -0.25) is 29.8 Å². The van der Waals surface area contributed by atoms with Crippen molar-refractivity contribution >= 4 is 23.6 Å². The van der Waals surface area contributed by atoms with Gasteiger partial charge in [0.15, 0.2) is 0 Å². The molecule has 0 aliphatic heterocycles. The van der Waals surface area contributed by atoms with E-state index in [1.54, 1.807) is 27.9 Å². The maximum absolute atomic E-state index is 12.8. The number of nitrogens with one attached hydrogen (secondary N) is 4.